The third kappa shape index (κ3) is 4.20. The molecule has 1 aliphatic rings. The van der Waals surface area contributed by atoms with E-state index in [2.05, 4.69) is 0 Å². The molecule has 1 unspecified atom stereocenters. The van der Waals surface area contributed by atoms with Gasteiger partial charge in [0.1, 0.15) is 23.0 Å². The lowest BCUT2D eigenvalue weighted by atomic mass is 9.95. The fourth-order valence-electron chi connectivity index (χ4n) is 4.00. The molecule has 1 fully saturated rings. The van der Waals surface area contributed by atoms with Gasteiger partial charge in [0, 0.05) is 5.56 Å². The van der Waals surface area contributed by atoms with Gasteiger partial charge in [-0.05, 0) is 80.4 Å². The molecule has 4 rings (SSSR count). The Kier molecular flexibility index (Phi) is 6.03. The molecule has 3 N–H and O–H groups in total. The SMILES string of the molecule is Cc1ccc(O)c(N2C(=O)C(=O)/C(=C(/O)c3ccc(OC(C)C)cc3)C2c2ccc(O)cc2)c1. The fourth-order valence-corrected chi connectivity index (χ4v) is 4.00. The average molecular weight is 459 g/mol. The number of benzene rings is 3. The van der Waals surface area contributed by atoms with Crippen LogP contribution in [0.1, 0.15) is 36.6 Å². The summed E-state index contributed by atoms with van der Waals surface area (Å²) in [4.78, 5) is 27.6. The normalized spacial score (nSPS) is 17.4. The molecule has 1 heterocycles. The van der Waals surface area contributed by atoms with Crippen molar-refractivity contribution < 1.29 is 29.6 Å². The summed E-state index contributed by atoms with van der Waals surface area (Å²) in [6.45, 7) is 5.59. The number of nitrogens with zero attached hydrogens (tertiary/aromatic N) is 1. The third-order valence-corrected chi connectivity index (χ3v) is 5.54. The number of carbonyl (C=O) groups is 2. The largest absolute Gasteiger partial charge is 0.508 e. The van der Waals surface area contributed by atoms with E-state index in [-0.39, 0.29) is 34.6 Å². The maximum Gasteiger partial charge on any atom is 0.300 e. The van der Waals surface area contributed by atoms with Gasteiger partial charge < -0.3 is 20.1 Å². The lowest BCUT2D eigenvalue weighted by Gasteiger charge is -2.26. The van der Waals surface area contributed by atoms with E-state index in [4.69, 9.17) is 4.74 Å². The molecule has 1 amide bonds. The number of carbonyl (C=O) groups excluding carboxylic acids is 2. The number of hydrogen-bond acceptors (Lipinski definition) is 6. The minimum Gasteiger partial charge on any atom is -0.508 e. The number of aliphatic hydroxyl groups excluding tert-OH is 1. The van der Waals surface area contributed by atoms with Crippen LogP contribution < -0.4 is 9.64 Å². The molecule has 0 spiro atoms. The number of phenolic OH excluding ortho intramolecular Hbond substituents is 2. The Bertz CT molecular complexity index is 1280. The Hall–Kier alpha value is -4.26. The number of phenols is 2. The molecular formula is C27H25NO6. The highest BCUT2D eigenvalue weighted by Crippen LogP contribution is 2.45. The van der Waals surface area contributed by atoms with Crippen LogP contribution in [-0.2, 0) is 9.59 Å². The first kappa shape index (κ1) is 22.9. The van der Waals surface area contributed by atoms with Crippen molar-refractivity contribution in [1.29, 1.82) is 0 Å². The van der Waals surface area contributed by atoms with Crippen molar-refractivity contribution in [2.75, 3.05) is 4.90 Å². The summed E-state index contributed by atoms with van der Waals surface area (Å²) in [6.07, 6.45) is -0.0266. The van der Waals surface area contributed by atoms with Gasteiger partial charge in [-0.15, -0.1) is 0 Å². The third-order valence-electron chi connectivity index (χ3n) is 5.54. The predicted octanol–water partition coefficient (Wildman–Crippen LogP) is 4.82. The first-order chi connectivity index (χ1) is 16.2. The van der Waals surface area contributed by atoms with Crippen molar-refractivity contribution in [3.8, 4) is 17.2 Å². The maximum absolute atomic E-state index is 13.2. The maximum atomic E-state index is 13.2. The summed E-state index contributed by atoms with van der Waals surface area (Å²) in [5.41, 5.74) is 1.64. The number of aryl methyl sites for hydroxylation is 1. The van der Waals surface area contributed by atoms with Gasteiger partial charge in [0.2, 0.25) is 0 Å². The molecule has 34 heavy (non-hydrogen) atoms. The second-order valence-corrected chi connectivity index (χ2v) is 8.44. The zero-order valence-electron chi connectivity index (χ0n) is 19.0. The van der Waals surface area contributed by atoms with E-state index in [1.807, 2.05) is 13.8 Å². The second kappa shape index (κ2) is 8.94. The van der Waals surface area contributed by atoms with Gasteiger partial charge >= 0.3 is 0 Å². The van der Waals surface area contributed by atoms with Crippen LogP contribution >= 0.6 is 0 Å². The second-order valence-electron chi connectivity index (χ2n) is 8.44. The highest BCUT2D eigenvalue weighted by Gasteiger charge is 2.47. The van der Waals surface area contributed by atoms with Gasteiger partial charge in [0.05, 0.1) is 23.4 Å². The summed E-state index contributed by atoms with van der Waals surface area (Å²) >= 11 is 0. The molecule has 3 aromatic carbocycles. The van der Waals surface area contributed by atoms with Gasteiger partial charge in [-0.1, -0.05) is 18.2 Å². The Balaban J connectivity index is 1.89. The first-order valence-corrected chi connectivity index (χ1v) is 10.8. The van der Waals surface area contributed by atoms with Crippen LogP contribution in [0.25, 0.3) is 5.76 Å². The lowest BCUT2D eigenvalue weighted by Crippen LogP contribution is -2.29. The molecular weight excluding hydrogens is 434 g/mol. The van der Waals surface area contributed by atoms with E-state index in [0.29, 0.717) is 16.9 Å². The predicted molar refractivity (Wildman–Crippen MR) is 128 cm³/mol. The molecule has 1 atom stereocenters. The van der Waals surface area contributed by atoms with Crippen LogP contribution in [0.5, 0.6) is 17.2 Å². The lowest BCUT2D eigenvalue weighted by molar-refractivity contribution is -0.132. The highest BCUT2D eigenvalue weighted by atomic mass is 16.5. The van der Waals surface area contributed by atoms with E-state index < -0.39 is 17.7 Å². The van der Waals surface area contributed by atoms with Crippen LogP contribution in [-0.4, -0.2) is 33.1 Å². The van der Waals surface area contributed by atoms with Gasteiger partial charge in [0.15, 0.2) is 0 Å². The molecule has 0 bridgehead atoms. The minimum atomic E-state index is -1.01. The Morgan fingerprint density at radius 3 is 2.21 bits per heavy atom. The van der Waals surface area contributed by atoms with Crippen LogP contribution in [0, 0.1) is 6.92 Å². The van der Waals surface area contributed by atoms with Crippen molar-refractivity contribution >= 4 is 23.1 Å². The summed E-state index contributed by atoms with van der Waals surface area (Å²) in [6, 6.07) is 16.3. The highest BCUT2D eigenvalue weighted by molar-refractivity contribution is 6.51. The zero-order chi connectivity index (χ0) is 24.6. The molecule has 7 heteroatoms. The van der Waals surface area contributed by atoms with E-state index in [0.717, 1.165) is 5.56 Å². The van der Waals surface area contributed by atoms with Crippen molar-refractivity contribution in [2.24, 2.45) is 0 Å². The standard InChI is InChI=1S/C27H25NO6/c1-15(2)34-20-11-7-18(8-12-20)25(31)23-24(17-5-9-19(29)10-6-17)28(27(33)26(23)32)21-14-16(3)4-13-22(21)30/h4-15,24,29-31H,1-3H3/b25-23+. The molecule has 174 valence electrons. The molecule has 0 radical (unpaired) electrons. The van der Waals surface area contributed by atoms with Crippen LogP contribution in [0.4, 0.5) is 5.69 Å². The average Bonchev–Trinajstić information content (AvgIpc) is 3.06. The number of aliphatic hydroxyl groups is 1. The van der Waals surface area contributed by atoms with E-state index in [9.17, 15) is 24.9 Å². The molecule has 0 aromatic heterocycles. The first-order valence-electron chi connectivity index (χ1n) is 10.8. The van der Waals surface area contributed by atoms with Crippen molar-refractivity contribution in [3.63, 3.8) is 0 Å². The monoisotopic (exact) mass is 459 g/mol. The molecule has 0 saturated carbocycles. The molecule has 1 saturated heterocycles. The Morgan fingerprint density at radius 2 is 1.59 bits per heavy atom. The van der Waals surface area contributed by atoms with Gasteiger partial charge in [-0.25, -0.2) is 0 Å². The number of amides is 1. The molecule has 1 aliphatic heterocycles. The number of ketones is 1. The van der Waals surface area contributed by atoms with Crippen molar-refractivity contribution in [2.45, 2.75) is 32.9 Å². The minimum absolute atomic E-state index is 0.0137. The summed E-state index contributed by atoms with van der Waals surface area (Å²) in [5.74, 6) is -1.65. The fraction of sp³-hybridized carbons (Fsp3) is 0.185. The quantitative estimate of drug-likeness (QED) is 0.287. The molecule has 0 aliphatic carbocycles. The summed E-state index contributed by atoms with van der Waals surface area (Å²) < 4.78 is 5.64. The Morgan fingerprint density at radius 1 is 0.941 bits per heavy atom. The van der Waals surface area contributed by atoms with Gasteiger partial charge in [0.25, 0.3) is 11.7 Å². The Labute approximate surface area is 197 Å². The van der Waals surface area contributed by atoms with Gasteiger partial charge in [-0.2, -0.15) is 0 Å². The van der Waals surface area contributed by atoms with Crippen molar-refractivity contribution in [1.82, 2.24) is 0 Å². The molecule has 3 aromatic rings. The van der Waals surface area contributed by atoms with Crippen LogP contribution in [0.15, 0.2) is 72.3 Å². The van der Waals surface area contributed by atoms with Crippen LogP contribution in [0.2, 0.25) is 0 Å². The smallest absolute Gasteiger partial charge is 0.300 e. The van der Waals surface area contributed by atoms with Crippen LogP contribution in [0.3, 0.4) is 0 Å². The van der Waals surface area contributed by atoms with Crippen molar-refractivity contribution in [3.05, 3.63) is 89.0 Å². The summed E-state index contributed by atoms with van der Waals surface area (Å²) in [7, 11) is 0. The topological polar surface area (TPSA) is 107 Å². The summed E-state index contributed by atoms with van der Waals surface area (Å²) in [5, 5.41) is 31.4. The number of anilines is 1. The molecule has 7 nitrogen and oxygen atoms in total. The van der Waals surface area contributed by atoms with E-state index in [1.165, 1.54) is 23.1 Å². The number of Topliss-reactive ketones (excluding diaryl/α,β-unsaturated/α-hetero) is 1. The zero-order valence-corrected chi connectivity index (χ0v) is 19.0. The van der Waals surface area contributed by atoms with E-state index in [1.54, 1.807) is 55.5 Å². The number of hydrogen-bond donors (Lipinski definition) is 3. The number of rotatable bonds is 5. The number of aromatic hydroxyl groups is 2. The number of ether oxygens (including phenoxy) is 1. The van der Waals surface area contributed by atoms with Gasteiger partial charge in [-0.3, -0.25) is 14.5 Å². The van der Waals surface area contributed by atoms with E-state index >= 15 is 0 Å².